The summed E-state index contributed by atoms with van der Waals surface area (Å²) >= 11 is 0. The quantitative estimate of drug-likeness (QED) is 0.832. The van der Waals surface area contributed by atoms with E-state index in [0.717, 1.165) is 12.6 Å². The first-order valence-corrected chi connectivity index (χ1v) is 7.96. The highest BCUT2D eigenvalue weighted by atomic mass is 15.2. The Balaban J connectivity index is 2.18. The Hall–Kier alpha value is -0.0800. The molecule has 106 valence electrons. The van der Waals surface area contributed by atoms with Gasteiger partial charge in [0.1, 0.15) is 0 Å². The van der Waals surface area contributed by atoms with Crippen molar-refractivity contribution in [1.82, 2.24) is 4.90 Å². The summed E-state index contributed by atoms with van der Waals surface area (Å²) in [5.41, 5.74) is 6.89. The molecule has 0 heterocycles. The van der Waals surface area contributed by atoms with E-state index in [1.54, 1.807) is 0 Å². The first-order valence-electron chi connectivity index (χ1n) is 7.96. The Bertz CT molecular complexity index is 268. The molecule has 0 spiro atoms. The molecule has 0 bridgehead atoms. The van der Waals surface area contributed by atoms with Crippen LogP contribution in [0, 0.1) is 5.41 Å². The van der Waals surface area contributed by atoms with Crippen molar-refractivity contribution in [2.75, 3.05) is 13.6 Å². The second-order valence-electron chi connectivity index (χ2n) is 7.23. The number of nitrogens with zero attached hydrogens (tertiary/aromatic N) is 1. The van der Waals surface area contributed by atoms with Gasteiger partial charge in [0.15, 0.2) is 0 Å². The molecule has 0 amide bonds. The lowest BCUT2D eigenvalue weighted by atomic mass is 9.61. The molecule has 2 saturated carbocycles. The van der Waals surface area contributed by atoms with Crippen molar-refractivity contribution >= 4 is 0 Å². The Kier molecular flexibility index (Phi) is 4.38. The number of nitrogens with two attached hydrogens (primary N) is 1. The summed E-state index contributed by atoms with van der Waals surface area (Å²) in [7, 11) is 2.36. The van der Waals surface area contributed by atoms with Crippen LogP contribution in [0.2, 0.25) is 0 Å². The summed E-state index contributed by atoms with van der Waals surface area (Å²) in [5.74, 6) is 0. The molecule has 2 heteroatoms. The summed E-state index contributed by atoms with van der Waals surface area (Å²) in [6.07, 6.45) is 12.4. The molecule has 2 rings (SSSR count). The third-order valence-corrected chi connectivity index (χ3v) is 6.04. The van der Waals surface area contributed by atoms with Gasteiger partial charge in [0.05, 0.1) is 0 Å². The van der Waals surface area contributed by atoms with E-state index >= 15 is 0 Å². The van der Waals surface area contributed by atoms with Crippen LogP contribution < -0.4 is 5.73 Å². The highest BCUT2D eigenvalue weighted by molar-refractivity contribution is 5.05. The van der Waals surface area contributed by atoms with Crippen molar-refractivity contribution < 1.29 is 0 Å². The summed E-state index contributed by atoms with van der Waals surface area (Å²) in [6.45, 7) is 5.71. The van der Waals surface area contributed by atoms with Gasteiger partial charge in [-0.25, -0.2) is 0 Å². The predicted molar refractivity (Wildman–Crippen MR) is 78.7 cm³/mol. The van der Waals surface area contributed by atoms with Gasteiger partial charge in [-0.3, -0.25) is 4.90 Å². The highest BCUT2D eigenvalue weighted by Crippen LogP contribution is 2.48. The van der Waals surface area contributed by atoms with Gasteiger partial charge in [-0.2, -0.15) is 0 Å². The van der Waals surface area contributed by atoms with E-state index in [1.807, 2.05) is 0 Å². The molecule has 2 aliphatic rings. The third-order valence-electron chi connectivity index (χ3n) is 6.04. The topological polar surface area (TPSA) is 29.3 Å². The molecule has 0 aliphatic heterocycles. The number of rotatable bonds is 3. The molecule has 0 aromatic carbocycles. The lowest BCUT2D eigenvalue weighted by molar-refractivity contribution is -0.0587. The Labute approximate surface area is 113 Å². The highest BCUT2D eigenvalue weighted by Gasteiger charge is 2.49. The van der Waals surface area contributed by atoms with E-state index in [9.17, 15) is 0 Å². The maximum absolute atomic E-state index is 6.28. The Morgan fingerprint density at radius 2 is 1.61 bits per heavy atom. The molecule has 0 radical (unpaired) electrons. The Morgan fingerprint density at radius 1 is 1.00 bits per heavy atom. The zero-order valence-electron chi connectivity index (χ0n) is 12.7. The van der Waals surface area contributed by atoms with Crippen LogP contribution >= 0.6 is 0 Å². The molecular weight excluding hydrogens is 220 g/mol. The molecule has 1 atom stereocenters. The van der Waals surface area contributed by atoms with Crippen molar-refractivity contribution in [2.24, 2.45) is 11.1 Å². The van der Waals surface area contributed by atoms with E-state index in [0.29, 0.717) is 5.41 Å². The van der Waals surface area contributed by atoms with E-state index in [1.165, 1.54) is 57.8 Å². The average molecular weight is 252 g/mol. The first-order chi connectivity index (χ1) is 8.53. The van der Waals surface area contributed by atoms with Crippen LogP contribution in [0.3, 0.4) is 0 Å². The second-order valence-corrected chi connectivity index (χ2v) is 7.23. The van der Waals surface area contributed by atoms with Gasteiger partial charge in [0.2, 0.25) is 0 Å². The van der Waals surface area contributed by atoms with E-state index in [4.69, 9.17) is 5.73 Å². The van der Waals surface area contributed by atoms with Gasteiger partial charge in [-0.05, 0) is 38.1 Å². The van der Waals surface area contributed by atoms with Crippen molar-refractivity contribution in [3.05, 3.63) is 0 Å². The standard InChI is InChI=1S/C16H32N2/c1-15(2)11-7-8-12-16(15,13-17)18(3)14-9-5-4-6-10-14/h14H,4-13,17H2,1-3H3. The predicted octanol–water partition coefficient (Wildman–Crippen LogP) is 3.55. The normalized spacial score (nSPS) is 33.8. The molecule has 0 aromatic heterocycles. The molecule has 18 heavy (non-hydrogen) atoms. The minimum atomic E-state index is 0.243. The van der Waals surface area contributed by atoms with Gasteiger partial charge in [0, 0.05) is 18.1 Å². The van der Waals surface area contributed by atoms with Gasteiger partial charge in [-0.1, -0.05) is 46.0 Å². The number of hydrogen-bond acceptors (Lipinski definition) is 2. The van der Waals surface area contributed by atoms with E-state index in [-0.39, 0.29) is 5.54 Å². The number of hydrogen-bond donors (Lipinski definition) is 1. The van der Waals surface area contributed by atoms with E-state index < -0.39 is 0 Å². The molecular formula is C16H32N2. The van der Waals surface area contributed by atoms with E-state index in [2.05, 4.69) is 25.8 Å². The maximum atomic E-state index is 6.28. The van der Waals surface area contributed by atoms with Crippen molar-refractivity contribution in [3.8, 4) is 0 Å². The van der Waals surface area contributed by atoms with Gasteiger partial charge < -0.3 is 5.73 Å². The summed E-state index contributed by atoms with van der Waals surface area (Å²) in [4.78, 5) is 2.70. The minimum Gasteiger partial charge on any atom is -0.329 e. The lowest BCUT2D eigenvalue weighted by Gasteiger charge is -2.57. The fraction of sp³-hybridized carbons (Fsp3) is 1.00. The fourth-order valence-corrected chi connectivity index (χ4v) is 4.55. The van der Waals surface area contributed by atoms with Crippen LogP contribution in [0.5, 0.6) is 0 Å². The van der Waals surface area contributed by atoms with Crippen LogP contribution in [-0.4, -0.2) is 30.1 Å². The van der Waals surface area contributed by atoms with Crippen LogP contribution in [0.1, 0.15) is 71.6 Å². The third kappa shape index (κ3) is 2.34. The fourth-order valence-electron chi connectivity index (χ4n) is 4.55. The zero-order valence-corrected chi connectivity index (χ0v) is 12.7. The smallest absolute Gasteiger partial charge is 0.0382 e. The molecule has 1 unspecified atom stereocenters. The SMILES string of the molecule is CN(C1CCCCC1)C1(CN)CCCCC1(C)C. The van der Waals surface area contributed by atoms with Gasteiger partial charge in [0.25, 0.3) is 0 Å². The average Bonchev–Trinajstić information content (AvgIpc) is 2.39. The molecule has 0 aromatic rings. The first kappa shape index (κ1) is 14.3. The minimum absolute atomic E-state index is 0.243. The van der Waals surface area contributed by atoms with Gasteiger partial charge in [-0.15, -0.1) is 0 Å². The zero-order chi connectivity index (χ0) is 13.2. The monoisotopic (exact) mass is 252 g/mol. The van der Waals surface area contributed by atoms with Crippen molar-refractivity contribution in [1.29, 1.82) is 0 Å². The summed E-state index contributed by atoms with van der Waals surface area (Å²) in [6, 6.07) is 0.777. The van der Waals surface area contributed by atoms with Gasteiger partial charge >= 0.3 is 0 Å². The molecule has 2 N–H and O–H groups in total. The van der Waals surface area contributed by atoms with Crippen LogP contribution in [-0.2, 0) is 0 Å². The number of likely N-dealkylation sites (N-methyl/N-ethyl adjacent to an activating group) is 1. The molecule has 2 nitrogen and oxygen atoms in total. The lowest BCUT2D eigenvalue weighted by Crippen LogP contribution is -2.65. The maximum Gasteiger partial charge on any atom is 0.0382 e. The second kappa shape index (κ2) is 5.50. The summed E-state index contributed by atoms with van der Waals surface area (Å²) in [5, 5.41) is 0. The van der Waals surface area contributed by atoms with Crippen molar-refractivity contribution in [3.63, 3.8) is 0 Å². The molecule has 0 saturated heterocycles. The molecule has 2 aliphatic carbocycles. The Morgan fingerprint density at radius 3 is 2.17 bits per heavy atom. The van der Waals surface area contributed by atoms with Crippen LogP contribution in [0.4, 0.5) is 0 Å². The molecule has 2 fully saturated rings. The van der Waals surface area contributed by atoms with Crippen molar-refractivity contribution in [2.45, 2.75) is 83.2 Å². The van der Waals surface area contributed by atoms with Crippen LogP contribution in [0.25, 0.3) is 0 Å². The summed E-state index contributed by atoms with van der Waals surface area (Å²) < 4.78 is 0. The largest absolute Gasteiger partial charge is 0.329 e. The van der Waals surface area contributed by atoms with Crippen LogP contribution in [0.15, 0.2) is 0 Å².